The molecule has 0 aliphatic rings. The number of hydrogen-bond donors (Lipinski definition) is 0. The molecule has 0 heterocycles. The number of halogens is 2. The molecule has 2 aromatic carbocycles. The predicted molar refractivity (Wildman–Crippen MR) is 105 cm³/mol. The monoisotopic (exact) mass is 382 g/mol. The summed E-state index contributed by atoms with van der Waals surface area (Å²) in [5, 5.41) is 1.77. The molecule has 0 bridgehead atoms. The summed E-state index contributed by atoms with van der Waals surface area (Å²) in [7, 11) is -0.0213. The highest BCUT2D eigenvalue weighted by molar-refractivity contribution is 7.66. The minimum Gasteiger partial charge on any atom is -0.494 e. The van der Waals surface area contributed by atoms with Gasteiger partial charge in [0.05, 0.1) is 22.2 Å². The van der Waals surface area contributed by atoms with Crippen molar-refractivity contribution < 1.29 is 9.53 Å². The highest BCUT2D eigenvalue weighted by Crippen LogP contribution is 2.31. The van der Waals surface area contributed by atoms with Crippen LogP contribution in [0.15, 0.2) is 36.4 Å². The first-order valence-corrected chi connectivity index (χ1v) is 9.63. The van der Waals surface area contributed by atoms with E-state index in [2.05, 4.69) is 13.8 Å². The van der Waals surface area contributed by atoms with Crippen LogP contribution in [0, 0.1) is 12.8 Å². The zero-order valence-corrected chi connectivity index (χ0v) is 16.5. The van der Waals surface area contributed by atoms with Crippen molar-refractivity contribution in [1.29, 1.82) is 0 Å². The van der Waals surface area contributed by atoms with Crippen LogP contribution in [0.4, 0.5) is 0 Å². The summed E-state index contributed by atoms with van der Waals surface area (Å²) in [5.74, 6) is 1.45. The SMILES string of the molecule is Cc1cc(OCCC(C)C)ccc1PC(=O)c1c(Cl)cccc1Cl. The van der Waals surface area contributed by atoms with Crippen molar-refractivity contribution in [1.82, 2.24) is 0 Å². The molecule has 0 radical (unpaired) electrons. The summed E-state index contributed by atoms with van der Waals surface area (Å²) in [6, 6.07) is 10.9. The Balaban J connectivity index is 2.09. The third-order valence-electron chi connectivity index (χ3n) is 3.60. The molecule has 0 saturated carbocycles. The lowest BCUT2D eigenvalue weighted by atomic mass is 10.1. The van der Waals surface area contributed by atoms with E-state index in [1.807, 2.05) is 25.1 Å². The van der Waals surface area contributed by atoms with Gasteiger partial charge in [0.1, 0.15) is 5.75 Å². The fourth-order valence-electron chi connectivity index (χ4n) is 2.18. The number of benzene rings is 2. The van der Waals surface area contributed by atoms with Crippen molar-refractivity contribution in [3.8, 4) is 5.75 Å². The number of rotatable bonds is 7. The van der Waals surface area contributed by atoms with E-state index in [0.717, 1.165) is 23.0 Å². The molecule has 0 saturated heterocycles. The molecule has 0 amide bonds. The molecule has 0 fully saturated rings. The molecular weight excluding hydrogens is 362 g/mol. The van der Waals surface area contributed by atoms with Gasteiger partial charge < -0.3 is 4.74 Å². The Bertz CT molecular complexity index is 709. The summed E-state index contributed by atoms with van der Waals surface area (Å²) in [6.45, 7) is 7.03. The van der Waals surface area contributed by atoms with Gasteiger partial charge in [-0.3, -0.25) is 4.79 Å². The van der Waals surface area contributed by atoms with Crippen molar-refractivity contribution in [3.63, 3.8) is 0 Å². The van der Waals surface area contributed by atoms with Crippen LogP contribution < -0.4 is 10.0 Å². The minimum atomic E-state index is -0.0535. The maximum atomic E-state index is 12.6. The fourth-order valence-corrected chi connectivity index (χ4v) is 3.98. The van der Waals surface area contributed by atoms with Gasteiger partial charge in [-0.2, -0.15) is 0 Å². The number of carbonyl (C=O) groups is 1. The van der Waals surface area contributed by atoms with Gasteiger partial charge in [-0.05, 0) is 63.0 Å². The lowest BCUT2D eigenvalue weighted by Crippen LogP contribution is -2.07. The highest BCUT2D eigenvalue weighted by Gasteiger charge is 2.16. The zero-order chi connectivity index (χ0) is 17.7. The van der Waals surface area contributed by atoms with Crippen LogP contribution in [0.1, 0.15) is 36.2 Å². The number of aryl methyl sites for hydroxylation is 1. The first-order chi connectivity index (χ1) is 11.4. The molecule has 1 atom stereocenters. The summed E-state index contributed by atoms with van der Waals surface area (Å²) in [4.78, 5) is 12.6. The van der Waals surface area contributed by atoms with Crippen molar-refractivity contribution >= 4 is 42.6 Å². The van der Waals surface area contributed by atoms with Gasteiger partial charge in [0.25, 0.3) is 0 Å². The maximum absolute atomic E-state index is 12.6. The van der Waals surface area contributed by atoms with Crippen LogP contribution in [0.3, 0.4) is 0 Å². The lowest BCUT2D eigenvalue weighted by Gasteiger charge is -2.12. The minimum absolute atomic E-state index is 0.0213. The molecule has 1 unspecified atom stereocenters. The van der Waals surface area contributed by atoms with Crippen molar-refractivity contribution in [3.05, 3.63) is 57.6 Å². The van der Waals surface area contributed by atoms with E-state index < -0.39 is 0 Å². The quantitative estimate of drug-likeness (QED) is 0.559. The van der Waals surface area contributed by atoms with E-state index in [9.17, 15) is 4.79 Å². The fraction of sp³-hybridized carbons (Fsp3) is 0.316. The lowest BCUT2D eigenvalue weighted by molar-refractivity contribution is 0.108. The standard InChI is InChI=1S/C19H21Cl2O2P/c1-12(2)9-10-23-14-7-8-17(13(3)11-14)24-19(22)18-15(20)5-4-6-16(18)21/h4-8,11-12,24H,9-10H2,1-3H3. The van der Waals surface area contributed by atoms with Gasteiger partial charge in [-0.1, -0.05) is 49.2 Å². The Labute approximate surface area is 155 Å². The van der Waals surface area contributed by atoms with Gasteiger partial charge in [0, 0.05) is 0 Å². The molecule has 24 heavy (non-hydrogen) atoms. The van der Waals surface area contributed by atoms with Gasteiger partial charge >= 0.3 is 0 Å². The van der Waals surface area contributed by atoms with E-state index in [1.165, 1.54) is 0 Å². The summed E-state index contributed by atoms with van der Waals surface area (Å²) in [5.41, 5.74) is 1.38. The van der Waals surface area contributed by atoms with Crippen LogP contribution in [0.25, 0.3) is 0 Å². The average Bonchev–Trinajstić information content (AvgIpc) is 2.49. The van der Waals surface area contributed by atoms with E-state index >= 15 is 0 Å². The molecule has 0 aliphatic heterocycles. The molecule has 0 aliphatic carbocycles. The van der Waals surface area contributed by atoms with Crippen LogP contribution in [-0.2, 0) is 0 Å². The third-order valence-corrected chi connectivity index (χ3v) is 5.54. The van der Waals surface area contributed by atoms with Gasteiger partial charge in [0.2, 0.25) is 0 Å². The van der Waals surface area contributed by atoms with Crippen molar-refractivity contribution in [2.24, 2.45) is 5.92 Å². The second kappa shape index (κ2) is 8.85. The Hall–Kier alpha value is -1.08. The summed E-state index contributed by atoms with van der Waals surface area (Å²) < 4.78 is 5.76. The smallest absolute Gasteiger partial charge is 0.188 e. The first-order valence-electron chi connectivity index (χ1n) is 7.87. The van der Waals surface area contributed by atoms with E-state index in [-0.39, 0.29) is 14.1 Å². The average molecular weight is 383 g/mol. The second-order valence-electron chi connectivity index (χ2n) is 6.06. The molecule has 0 aromatic heterocycles. The topological polar surface area (TPSA) is 26.3 Å². The van der Waals surface area contributed by atoms with Crippen molar-refractivity contribution in [2.45, 2.75) is 27.2 Å². The zero-order valence-electron chi connectivity index (χ0n) is 14.0. The van der Waals surface area contributed by atoms with Crippen molar-refractivity contribution in [2.75, 3.05) is 6.61 Å². The molecule has 2 rings (SSSR count). The van der Waals surface area contributed by atoms with Gasteiger partial charge in [-0.25, -0.2) is 0 Å². The van der Waals surface area contributed by atoms with E-state index in [0.29, 0.717) is 28.1 Å². The first kappa shape index (κ1) is 19.2. The normalized spacial score (nSPS) is 11.4. The molecule has 2 aromatic rings. The number of ether oxygens (including phenoxy) is 1. The molecule has 5 heteroatoms. The van der Waals surface area contributed by atoms with Crippen LogP contribution in [-0.4, -0.2) is 12.1 Å². The van der Waals surface area contributed by atoms with Crippen LogP contribution >= 0.6 is 31.8 Å². The molecule has 0 spiro atoms. The Morgan fingerprint density at radius 3 is 2.42 bits per heavy atom. The maximum Gasteiger partial charge on any atom is 0.188 e. The molecule has 128 valence electrons. The van der Waals surface area contributed by atoms with Crippen LogP contribution in [0.5, 0.6) is 5.75 Å². The van der Waals surface area contributed by atoms with Crippen LogP contribution in [0.2, 0.25) is 10.0 Å². The molecule has 0 N–H and O–H groups in total. The van der Waals surface area contributed by atoms with Gasteiger partial charge in [0.15, 0.2) is 5.52 Å². The van der Waals surface area contributed by atoms with E-state index in [1.54, 1.807) is 18.2 Å². The van der Waals surface area contributed by atoms with Gasteiger partial charge in [-0.15, -0.1) is 0 Å². The van der Waals surface area contributed by atoms with E-state index in [4.69, 9.17) is 27.9 Å². The number of hydrogen-bond acceptors (Lipinski definition) is 2. The predicted octanol–water partition coefficient (Wildman–Crippen LogP) is 5.87. The number of carbonyl (C=O) groups excluding carboxylic acids is 1. The Kier molecular flexibility index (Phi) is 7.10. The third kappa shape index (κ3) is 5.21. The Morgan fingerprint density at radius 1 is 1.17 bits per heavy atom. The Morgan fingerprint density at radius 2 is 1.83 bits per heavy atom. The molecule has 2 nitrogen and oxygen atoms in total. The largest absolute Gasteiger partial charge is 0.494 e. The molecular formula is C19H21Cl2O2P. The highest BCUT2D eigenvalue weighted by atomic mass is 35.5. The second-order valence-corrected chi connectivity index (χ2v) is 8.12. The summed E-state index contributed by atoms with van der Waals surface area (Å²) >= 11 is 12.2. The summed E-state index contributed by atoms with van der Waals surface area (Å²) in [6.07, 6.45) is 1.02.